The second kappa shape index (κ2) is 10.3. The fourth-order valence-corrected chi connectivity index (χ4v) is 6.80. The SMILES string of the molecule is CCCCCCC(=O)N1CC2(C1)OCc1cc(C3=NS[C@@](c4cc(Cl)c(F)c(Cl)c4)(C(F)(F)F)C3)ccc12. The molecule has 1 amide bonds. The highest BCUT2D eigenvalue weighted by Gasteiger charge is 2.60. The Hall–Kier alpha value is -1.81. The Balaban J connectivity index is 1.32. The van der Waals surface area contributed by atoms with Crippen molar-refractivity contribution in [3.63, 3.8) is 0 Å². The molecular formula is C27H26Cl2F4N2O2S. The third-order valence-corrected chi connectivity index (χ3v) is 9.34. The van der Waals surface area contributed by atoms with E-state index in [1.165, 1.54) is 0 Å². The van der Waals surface area contributed by atoms with Gasteiger partial charge in [0, 0.05) is 12.8 Å². The largest absolute Gasteiger partial charge is 0.409 e. The minimum absolute atomic E-state index is 0.127. The average Bonchev–Trinajstić information content (AvgIpc) is 3.47. The average molecular weight is 589 g/mol. The van der Waals surface area contributed by atoms with Gasteiger partial charge in [-0.05, 0) is 58.8 Å². The van der Waals surface area contributed by atoms with E-state index in [-0.39, 0.29) is 17.2 Å². The molecule has 0 saturated carbocycles. The van der Waals surface area contributed by atoms with Gasteiger partial charge in [0.05, 0.1) is 35.5 Å². The zero-order valence-corrected chi connectivity index (χ0v) is 23.0. The van der Waals surface area contributed by atoms with Crippen LogP contribution in [0.5, 0.6) is 0 Å². The summed E-state index contributed by atoms with van der Waals surface area (Å²) in [5.74, 6) is -0.832. The number of likely N-dealkylation sites (tertiary alicyclic amines) is 1. The number of carbonyl (C=O) groups excluding carboxylic acids is 1. The van der Waals surface area contributed by atoms with Crippen molar-refractivity contribution in [1.29, 1.82) is 0 Å². The molecular weight excluding hydrogens is 563 g/mol. The Bertz CT molecular complexity index is 1270. The van der Waals surface area contributed by atoms with E-state index in [1.807, 2.05) is 17.0 Å². The third-order valence-electron chi connectivity index (χ3n) is 7.56. The van der Waals surface area contributed by atoms with Crippen molar-refractivity contribution < 1.29 is 27.1 Å². The fraction of sp³-hybridized carbons (Fsp3) is 0.481. The molecule has 3 aliphatic rings. The first-order valence-corrected chi connectivity index (χ1v) is 14.0. The lowest BCUT2D eigenvalue weighted by atomic mass is 9.83. The summed E-state index contributed by atoms with van der Waals surface area (Å²) in [4.78, 5) is 14.3. The summed E-state index contributed by atoms with van der Waals surface area (Å²) in [7, 11) is 0. The monoisotopic (exact) mass is 588 g/mol. The highest BCUT2D eigenvalue weighted by atomic mass is 35.5. The van der Waals surface area contributed by atoms with Crippen molar-refractivity contribution in [2.45, 2.75) is 68.6 Å². The quantitative estimate of drug-likeness (QED) is 0.142. The van der Waals surface area contributed by atoms with Crippen molar-refractivity contribution in [1.82, 2.24) is 4.90 Å². The van der Waals surface area contributed by atoms with Gasteiger partial charge < -0.3 is 9.64 Å². The lowest BCUT2D eigenvalue weighted by molar-refractivity contribution is -0.168. The first-order valence-electron chi connectivity index (χ1n) is 12.5. The molecule has 0 radical (unpaired) electrons. The maximum absolute atomic E-state index is 14.4. The molecule has 204 valence electrons. The first-order chi connectivity index (χ1) is 18.0. The van der Waals surface area contributed by atoms with Crippen LogP contribution in [0.15, 0.2) is 34.7 Å². The van der Waals surface area contributed by atoms with Crippen LogP contribution in [-0.2, 0) is 26.5 Å². The number of amides is 1. The molecule has 5 rings (SSSR count). The molecule has 0 bridgehead atoms. The van der Waals surface area contributed by atoms with Gasteiger partial charge in [0.2, 0.25) is 5.91 Å². The molecule has 4 nitrogen and oxygen atoms in total. The second-order valence-corrected chi connectivity index (χ2v) is 12.0. The highest BCUT2D eigenvalue weighted by molar-refractivity contribution is 7.99. The number of nitrogens with zero attached hydrogens (tertiary/aromatic N) is 2. The second-order valence-electron chi connectivity index (χ2n) is 10.1. The fourth-order valence-electron chi connectivity index (χ4n) is 5.35. The van der Waals surface area contributed by atoms with E-state index < -0.39 is 38.8 Å². The summed E-state index contributed by atoms with van der Waals surface area (Å²) in [5.41, 5.74) is 1.86. The lowest BCUT2D eigenvalue weighted by Crippen LogP contribution is -2.61. The summed E-state index contributed by atoms with van der Waals surface area (Å²) in [6, 6.07) is 7.37. The summed E-state index contributed by atoms with van der Waals surface area (Å²) in [6.45, 7) is 3.40. The minimum Gasteiger partial charge on any atom is -0.362 e. The minimum atomic E-state index is -4.70. The Morgan fingerprint density at radius 2 is 1.84 bits per heavy atom. The number of carbonyl (C=O) groups is 1. The van der Waals surface area contributed by atoms with Crippen LogP contribution >= 0.6 is 35.1 Å². The van der Waals surface area contributed by atoms with Crippen molar-refractivity contribution >= 4 is 46.8 Å². The first kappa shape index (κ1) is 27.7. The third kappa shape index (κ3) is 4.73. The standard InChI is InChI=1S/C27H26Cl2F4N2O2S/c1-2-3-4-5-6-23(36)35-14-25(15-35)19-8-7-16(9-17(19)13-37-25)22-12-26(38-34-22,27(31,32)33)18-10-20(28)24(30)21(29)11-18/h7-11H,2-6,12-15H2,1H3/t26-/m0/s1. The maximum atomic E-state index is 14.4. The topological polar surface area (TPSA) is 41.9 Å². The molecule has 3 aliphatic heterocycles. The molecule has 1 saturated heterocycles. The van der Waals surface area contributed by atoms with Gasteiger partial charge in [-0.3, -0.25) is 4.79 Å². The van der Waals surface area contributed by atoms with E-state index in [2.05, 4.69) is 11.3 Å². The van der Waals surface area contributed by atoms with Crippen molar-refractivity contribution in [3.05, 3.63) is 68.4 Å². The number of rotatable bonds is 7. The maximum Gasteiger partial charge on any atom is 0.409 e. The van der Waals surface area contributed by atoms with Crippen molar-refractivity contribution in [2.24, 2.45) is 4.40 Å². The molecule has 1 spiro atoms. The van der Waals surface area contributed by atoms with Gasteiger partial charge in [-0.15, -0.1) is 0 Å². The lowest BCUT2D eigenvalue weighted by Gasteiger charge is -2.47. The van der Waals surface area contributed by atoms with Crippen LogP contribution in [0.1, 0.15) is 67.7 Å². The number of hydrogen-bond acceptors (Lipinski definition) is 4. The van der Waals surface area contributed by atoms with Gasteiger partial charge >= 0.3 is 6.18 Å². The number of halogens is 6. The molecule has 2 aromatic rings. The van der Waals surface area contributed by atoms with Crippen LogP contribution in [0.3, 0.4) is 0 Å². The number of fused-ring (bicyclic) bond motifs is 2. The predicted octanol–water partition coefficient (Wildman–Crippen LogP) is 7.97. The van der Waals surface area contributed by atoms with Crippen LogP contribution < -0.4 is 0 Å². The highest BCUT2D eigenvalue weighted by Crippen LogP contribution is 2.57. The molecule has 0 N–H and O–H groups in total. The van der Waals surface area contributed by atoms with Crippen LogP contribution in [0.4, 0.5) is 17.6 Å². The van der Waals surface area contributed by atoms with E-state index in [0.29, 0.717) is 43.6 Å². The zero-order valence-electron chi connectivity index (χ0n) is 20.6. The molecule has 0 aromatic heterocycles. The van der Waals surface area contributed by atoms with Gasteiger partial charge in [0.25, 0.3) is 0 Å². The van der Waals surface area contributed by atoms with E-state index in [0.717, 1.165) is 48.9 Å². The van der Waals surface area contributed by atoms with E-state index >= 15 is 0 Å². The molecule has 1 fully saturated rings. The number of hydrogen-bond donors (Lipinski definition) is 0. The Morgan fingerprint density at radius 3 is 2.50 bits per heavy atom. The molecule has 1 atom stereocenters. The van der Waals surface area contributed by atoms with Crippen molar-refractivity contribution in [3.8, 4) is 0 Å². The van der Waals surface area contributed by atoms with Gasteiger partial charge in [0.15, 0.2) is 10.6 Å². The van der Waals surface area contributed by atoms with Crippen molar-refractivity contribution in [2.75, 3.05) is 13.1 Å². The van der Waals surface area contributed by atoms with Gasteiger partial charge in [0.1, 0.15) is 5.60 Å². The number of alkyl halides is 3. The molecule has 0 aliphatic carbocycles. The molecule has 3 heterocycles. The van der Waals surface area contributed by atoms with Gasteiger partial charge in [-0.25, -0.2) is 8.79 Å². The van der Waals surface area contributed by atoms with Gasteiger partial charge in [-0.2, -0.15) is 13.2 Å². The van der Waals surface area contributed by atoms with Crippen LogP contribution in [-0.4, -0.2) is 35.8 Å². The molecule has 38 heavy (non-hydrogen) atoms. The molecule has 0 unspecified atom stereocenters. The molecule has 11 heteroatoms. The van der Waals surface area contributed by atoms with Crippen LogP contribution in [0.25, 0.3) is 0 Å². The van der Waals surface area contributed by atoms with E-state index in [1.54, 1.807) is 6.07 Å². The van der Waals surface area contributed by atoms with Crippen LogP contribution in [0.2, 0.25) is 10.0 Å². The van der Waals surface area contributed by atoms with Crippen LogP contribution in [0, 0.1) is 5.82 Å². The predicted molar refractivity (Wildman–Crippen MR) is 141 cm³/mol. The summed E-state index contributed by atoms with van der Waals surface area (Å²) < 4.78 is 65.0. The Kier molecular flexibility index (Phi) is 7.52. The molecule has 2 aromatic carbocycles. The smallest absolute Gasteiger partial charge is 0.362 e. The number of ether oxygens (including phenoxy) is 1. The zero-order chi connectivity index (χ0) is 27.3. The van der Waals surface area contributed by atoms with Gasteiger partial charge in [-0.1, -0.05) is 61.5 Å². The summed E-state index contributed by atoms with van der Waals surface area (Å²) in [5, 5.41) is -0.946. The summed E-state index contributed by atoms with van der Waals surface area (Å²) >= 11 is 12.0. The van der Waals surface area contributed by atoms with E-state index in [9.17, 15) is 22.4 Å². The normalized spacial score (nSPS) is 22.0. The van der Waals surface area contributed by atoms with E-state index in [4.69, 9.17) is 27.9 Å². The number of unbranched alkanes of at least 4 members (excludes halogenated alkanes) is 3. The summed E-state index contributed by atoms with van der Waals surface area (Å²) in [6.07, 6.45) is -0.458. The number of benzene rings is 2. The Labute approximate surface area is 232 Å². The Morgan fingerprint density at radius 1 is 1.13 bits per heavy atom.